The molecule has 3 aliphatic rings. The summed E-state index contributed by atoms with van der Waals surface area (Å²) in [5.74, 6) is 1.11. The zero-order valence-electron chi connectivity index (χ0n) is 33.4. The van der Waals surface area contributed by atoms with E-state index in [0.29, 0.717) is 37.2 Å². The van der Waals surface area contributed by atoms with Gasteiger partial charge in [-0.05, 0) is 126 Å². The minimum atomic E-state index is -0.733. The second kappa shape index (κ2) is 26.4. The van der Waals surface area contributed by atoms with Gasteiger partial charge >= 0.3 is 18.1 Å². The van der Waals surface area contributed by atoms with Gasteiger partial charge in [0, 0.05) is 13.0 Å². The molecule has 1 saturated heterocycles. The topological polar surface area (TPSA) is 91.4 Å². The van der Waals surface area contributed by atoms with Crippen molar-refractivity contribution in [2.75, 3.05) is 46.1 Å². The number of nitrogens with zero attached hydrogens (tertiary/aromatic N) is 1. The van der Waals surface area contributed by atoms with E-state index >= 15 is 0 Å². The molecule has 8 nitrogen and oxygen atoms in total. The standard InChI is InChI=1S/C44H75NO7/c1-4-6-7-8-9-10-11-12-13-14-15-16-17-18-19-23-41(46)50-34-40(36-52-43(48)49-27-22-26-45-24-20-21-25-45)35-51-42(47)33-44-30-37(3)28-39(32-44)29-38(5-2)31-44/h9-10,12-13,37-40H,4-8,11,14-36H2,1-3H3/b10-9-,13-12-/t37?,38-,39?,40?,44-/m0/s1. The molecule has 52 heavy (non-hydrogen) atoms. The normalized spacial score (nSPS) is 23.9. The van der Waals surface area contributed by atoms with Crippen LogP contribution in [0.2, 0.25) is 0 Å². The van der Waals surface area contributed by atoms with Crippen LogP contribution in [0.5, 0.6) is 0 Å². The second-order valence-electron chi connectivity index (χ2n) is 16.5. The van der Waals surface area contributed by atoms with Crippen LogP contribution in [0.4, 0.5) is 4.79 Å². The lowest BCUT2D eigenvalue weighted by atomic mass is 9.55. The lowest BCUT2D eigenvalue weighted by Crippen LogP contribution is -2.41. The quantitative estimate of drug-likeness (QED) is 0.0357. The molecule has 8 heteroatoms. The summed E-state index contributed by atoms with van der Waals surface area (Å²) in [5, 5.41) is 0. The molecule has 0 spiro atoms. The fourth-order valence-corrected chi connectivity index (χ4v) is 8.96. The number of fused-ring (bicyclic) bond motifs is 2. The summed E-state index contributed by atoms with van der Waals surface area (Å²) >= 11 is 0. The van der Waals surface area contributed by atoms with E-state index < -0.39 is 12.1 Å². The van der Waals surface area contributed by atoms with Crippen molar-refractivity contribution in [2.24, 2.45) is 29.1 Å². The Labute approximate surface area is 317 Å². The van der Waals surface area contributed by atoms with Gasteiger partial charge in [-0.2, -0.15) is 0 Å². The molecule has 0 amide bonds. The van der Waals surface area contributed by atoms with Gasteiger partial charge in [0.2, 0.25) is 0 Å². The number of esters is 2. The van der Waals surface area contributed by atoms with Gasteiger partial charge in [0.05, 0.1) is 18.9 Å². The highest BCUT2D eigenvalue weighted by atomic mass is 16.7. The minimum Gasteiger partial charge on any atom is -0.465 e. The van der Waals surface area contributed by atoms with E-state index in [-0.39, 0.29) is 37.2 Å². The molecule has 0 aromatic heterocycles. The maximum atomic E-state index is 13.3. The monoisotopic (exact) mass is 730 g/mol. The molecule has 298 valence electrons. The summed E-state index contributed by atoms with van der Waals surface area (Å²) in [7, 11) is 0. The van der Waals surface area contributed by atoms with Crippen LogP contribution >= 0.6 is 0 Å². The third-order valence-electron chi connectivity index (χ3n) is 11.5. The Morgan fingerprint density at radius 3 is 2.13 bits per heavy atom. The molecule has 0 N–H and O–H groups in total. The number of likely N-dealkylation sites (tertiary alicyclic amines) is 1. The van der Waals surface area contributed by atoms with Crippen LogP contribution in [0.15, 0.2) is 24.3 Å². The third-order valence-corrected chi connectivity index (χ3v) is 11.5. The van der Waals surface area contributed by atoms with Crippen LogP contribution in [0.1, 0.15) is 162 Å². The number of unbranched alkanes of at least 4 members (excludes halogenated alkanes) is 8. The van der Waals surface area contributed by atoms with Crippen LogP contribution in [-0.2, 0) is 28.5 Å². The van der Waals surface area contributed by atoms with Crippen molar-refractivity contribution in [1.29, 1.82) is 0 Å². The average molecular weight is 730 g/mol. The van der Waals surface area contributed by atoms with Crippen molar-refractivity contribution in [3.63, 3.8) is 0 Å². The number of ether oxygens (including phenoxy) is 4. The summed E-state index contributed by atoms with van der Waals surface area (Å²) in [6, 6.07) is 0. The molecular weight excluding hydrogens is 654 g/mol. The zero-order valence-corrected chi connectivity index (χ0v) is 33.4. The SMILES string of the molecule is CCCCC/C=C\C/C=C\CCCCCCCC(=O)OCC(COC(=O)C[C@@]12CC(C)CC(C[C@H](CC)C1)C2)COC(=O)OCCCN1CCCC1. The Morgan fingerprint density at radius 1 is 0.731 bits per heavy atom. The third kappa shape index (κ3) is 19.1. The predicted octanol–water partition coefficient (Wildman–Crippen LogP) is 10.8. The molecule has 2 aliphatic carbocycles. The van der Waals surface area contributed by atoms with Crippen molar-refractivity contribution in [1.82, 2.24) is 4.90 Å². The molecule has 0 radical (unpaired) electrons. The fourth-order valence-electron chi connectivity index (χ4n) is 8.96. The number of carbonyl (C=O) groups is 3. The molecule has 0 aromatic carbocycles. The van der Waals surface area contributed by atoms with Crippen LogP contribution in [-0.4, -0.2) is 69.1 Å². The highest BCUT2D eigenvalue weighted by Gasteiger charge is 2.46. The summed E-state index contributed by atoms with van der Waals surface area (Å²) in [5.41, 5.74) is 0.0250. The largest absolute Gasteiger partial charge is 0.508 e. The summed E-state index contributed by atoms with van der Waals surface area (Å²) in [4.78, 5) is 40.7. The number of carbonyl (C=O) groups excluding carboxylic acids is 3. The van der Waals surface area contributed by atoms with Crippen molar-refractivity contribution in [3.8, 4) is 0 Å². The highest BCUT2D eigenvalue weighted by Crippen LogP contribution is 2.55. The van der Waals surface area contributed by atoms with Crippen molar-refractivity contribution in [2.45, 2.75) is 162 Å². The van der Waals surface area contributed by atoms with Gasteiger partial charge in [0.1, 0.15) is 19.8 Å². The molecule has 3 unspecified atom stereocenters. The average Bonchev–Trinajstić information content (AvgIpc) is 3.64. The first-order chi connectivity index (χ1) is 25.3. The van der Waals surface area contributed by atoms with E-state index in [1.165, 1.54) is 57.8 Å². The molecule has 2 bridgehead atoms. The molecule has 1 heterocycles. The van der Waals surface area contributed by atoms with Gasteiger partial charge in [-0.1, -0.05) is 83.6 Å². The Balaban J connectivity index is 1.34. The molecular formula is C44H75NO7. The maximum Gasteiger partial charge on any atom is 0.508 e. The number of hydrogen-bond donors (Lipinski definition) is 0. The highest BCUT2D eigenvalue weighted by molar-refractivity contribution is 5.70. The predicted molar refractivity (Wildman–Crippen MR) is 209 cm³/mol. The molecule has 0 aromatic rings. The first-order valence-electron chi connectivity index (χ1n) is 21.4. The first kappa shape index (κ1) is 44.0. The minimum absolute atomic E-state index is 0.0250. The van der Waals surface area contributed by atoms with Crippen LogP contribution in [0.3, 0.4) is 0 Å². The van der Waals surface area contributed by atoms with E-state index in [4.69, 9.17) is 18.9 Å². The van der Waals surface area contributed by atoms with E-state index in [1.54, 1.807) is 0 Å². The maximum absolute atomic E-state index is 13.3. The molecule has 5 atom stereocenters. The molecule has 1 aliphatic heterocycles. The van der Waals surface area contributed by atoms with Crippen LogP contribution in [0, 0.1) is 29.1 Å². The Bertz CT molecular complexity index is 1050. The fraction of sp³-hybridized carbons (Fsp3) is 0.841. The first-order valence-corrected chi connectivity index (χ1v) is 21.4. The van der Waals surface area contributed by atoms with Gasteiger partial charge in [0.15, 0.2) is 0 Å². The molecule has 3 fully saturated rings. The number of hydrogen-bond acceptors (Lipinski definition) is 8. The second-order valence-corrected chi connectivity index (χ2v) is 16.5. The van der Waals surface area contributed by atoms with Gasteiger partial charge in [-0.25, -0.2) is 4.79 Å². The van der Waals surface area contributed by atoms with E-state index in [2.05, 4.69) is 50.0 Å². The van der Waals surface area contributed by atoms with E-state index in [0.717, 1.165) is 90.3 Å². The van der Waals surface area contributed by atoms with Crippen LogP contribution in [0.25, 0.3) is 0 Å². The van der Waals surface area contributed by atoms with Crippen molar-refractivity contribution in [3.05, 3.63) is 24.3 Å². The summed E-state index contributed by atoms with van der Waals surface area (Å²) < 4.78 is 22.2. The zero-order chi connectivity index (χ0) is 37.3. The summed E-state index contributed by atoms with van der Waals surface area (Å²) in [6.45, 7) is 10.3. The Kier molecular flexibility index (Phi) is 22.4. The lowest BCUT2D eigenvalue weighted by Gasteiger charge is -2.50. The number of allylic oxidation sites excluding steroid dienone is 4. The molecule has 2 saturated carbocycles. The van der Waals surface area contributed by atoms with Gasteiger partial charge in [-0.15, -0.1) is 0 Å². The van der Waals surface area contributed by atoms with Crippen molar-refractivity contribution >= 4 is 18.1 Å². The van der Waals surface area contributed by atoms with Gasteiger partial charge in [0.25, 0.3) is 0 Å². The lowest BCUT2D eigenvalue weighted by molar-refractivity contribution is -0.153. The van der Waals surface area contributed by atoms with Crippen molar-refractivity contribution < 1.29 is 33.3 Å². The smallest absolute Gasteiger partial charge is 0.465 e. The van der Waals surface area contributed by atoms with Crippen LogP contribution < -0.4 is 0 Å². The van der Waals surface area contributed by atoms with Gasteiger partial charge < -0.3 is 23.8 Å². The summed E-state index contributed by atoms with van der Waals surface area (Å²) in [6.07, 6.45) is 31.8. The Hall–Kier alpha value is -2.35. The molecule has 3 rings (SSSR count). The Morgan fingerprint density at radius 2 is 1.40 bits per heavy atom. The number of rotatable bonds is 27. The van der Waals surface area contributed by atoms with E-state index in [9.17, 15) is 14.4 Å². The van der Waals surface area contributed by atoms with Gasteiger partial charge in [-0.3, -0.25) is 9.59 Å². The van der Waals surface area contributed by atoms with E-state index in [1.807, 2.05) is 0 Å².